The monoisotopic (exact) mass is 269 g/mol. The van der Waals surface area contributed by atoms with Crippen molar-refractivity contribution in [1.82, 2.24) is 5.32 Å². The maximum Gasteiger partial charge on any atom is 0.123 e. The molecule has 2 aromatic rings. The van der Waals surface area contributed by atoms with Gasteiger partial charge in [-0.3, -0.25) is 0 Å². The summed E-state index contributed by atoms with van der Waals surface area (Å²) in [6, 6.07) is 11.9. The highest BCUT2D eigenvalue weighted by Crippen LogP contribution is 2.32. The predicted octanol–water partition coefficient (Wildman–Crippen LogP) is 4.26. The summed E-state index contributed by atoms with van der Waals surface area (Å²) in [6.45, 7) is 2.10. The fourth-order valence-electron chi connectivity index (χ4n) is 3.05. The van der Waals surface area contributed by atoms with Gasteiger partial charge in [0.25, 0.3) is 0 Å². The Morgan fingerprint density at radius 3 is 2.65 bits per heavy atom. The van der Waals surface area contributed by atoms with Crippen molar-refractivity contribution in [1.29, 1.82) is 0 Å². The average Bonchev–Trinajstić information content (AvgIpc) is 2.93. The smallest absolute Gasteiger partial charge is 0.123 e. The van der Waals surface area contributed by atoms with Crippen LogP contribution in [0.5, 0.6) is 0 Å². The number of fused-ring (bicyclic) bond motifs is 1. The molecule has 1 aliphatic carbocycles. The Balaban J connectivity index is 2.11. The van der Waals surface area contributed by atoms with Gasteiger partial charge in [-0.15, -0.1) is 0 Å². The van der Waals surface area contributed by atoms with Crippen LogP contribution < -0.4 is 5.32 Å². The third-order valence-electron chi connectivity index (χ3n) is 4.32. The molecule has 1 nitrogen and oxygen atoms in total. The minimum atomic E-state index is -0.174. The van der Waals surface area contributed by atoms with Gasteiger partial charge in [-0.25, -0.2) is 4.39 Å². The molecular formula is C18H20FN. The van der Waals surface area contributed by atoms with Crippen LogP contribution in [0.3, 0.4) is 0 Å². The van der Waals surface area contributed by atoms with Crippen molar-refractivity contribution in [3.05, 3.63) is 58.9 Å². The van der Waals surface area contributed by atoms with Crippen LogP contribution in [-0.2, 0) is 12.8 Å². The lowest BCUT2D eigenvalue weighted by molar-refractivity contribution is 0.620. The van der Waals surface area contributed by atoms with Crippen molar-refractivity contribution in [2.75, 3.05) is 7.05 Å². The third kappa shape index (κ3) is 2.36. The van der Waals surface area contributed by atoms with E-state index in [-0.39, 0.29) is 11.9 Å². The van der Waals surface area contributed by atoms with Crippen LogP contribution in [0.4, 0.5) is 4.39 Å². The fraction of sp³-hybridized carbons (Fsp3) is 0.333. The van der Waals surface area contributed by atoms with E-state index in [1.54, 1.807) is 12.1 Å². The molecule has 2 heteroatoms. The first-order chi connectivity index (χ1) is 9.69. The second-order valence-electron chi connectivity index (χ2n) is 5.58. The SMILES string of the molecule is CNC(C)c1ccc(F)cc1-c1ccc2c(c1)CCC2. The molecule has 0 bridgehead atoms. The molecule has 0 saturated heterocycles. The Morgan fingerprint density at radius 1 is 1.05 bits per heavy atom. The lowest BCUT2D eigenvalue weighted by atomic mass is 9.93. The molecule has 3 rings (SSSR count). The van der Waals surface area contributed by atoms with E-state index in [2.05, 4.69) is 30.4 Å². The van der Waals surface area contributed by atoms with Crippen LogP contribution in [0.2, 0.25) is 0 Å². The molecule has 104 valence electrons. The van der Waals surface area contributed by atoms with Gasteiger partial charge in [0, 0.05) is 6.04 Å². The first-order valence-corrected chi connectivity index (χ1v) is 7.28. The number of aryl methyl sites for hydroxylation is 2. The molecule has 1 aliphatic rings. The third-order valence-corrected chi connectivity index (χ3v) is 4.32. The van der Waals surface area contributed by atoms with Crippen LogP contribution in [0.25, 0.3) is 11.1 Å². The van der Waals surface area contributed by atoms with Crippen LogP contribution in [0.1, 0.15) is 36.1 Å². The molecule has 0 radical (unpaired) electrons. The van der Waals surface area contributed by atoms with Crippen molar-refractivity contribution < 1.29 is 4.39 Å². The fourth-order valence-corrected chi connectivity index (χ4v) is 3.05. The van der Waals surface area contributed by atoms with E-state index < -0.39 is 0 Å². The Kier molecular flexibility index (Phi) is 3.58. The molecule has 0 heterocycles. The number of hydrogen-bond donors (Lipinski definition) is 1. The highest BCUT2D eigenvalue weighted by molar-refractivity contribution is 5.69. The highest BCUT2D eigenvalue weighted by atomic mass is 19.1. The lowest BCUT2D eigenvalue weighted by Gasteiger charge is -2.17. The Hall–Kier alpha value is -1.67. The molecule has 0 saturated carbocycles. The summed E-state index contributed by atoms with van der Waals surface area (Å²) in [5, 5.41) is 3.24. The number of nitrogens with one attached hydrogen (secondary N) is 1. The van der Waals surface area contributed by atoms with Gasteiger partial charge >= 0.3 is 0 Å². The molecule has 0 aromatic heterocycles. The van der Waals surface area contributed by atoms with Crippen molar-refractivity contribution >= 4 is 0 Å². The van der Waals surface area contributed by atoms with Crippen molar-refractivity contribution in [3.63, 3.8) is 0 Å². The zero-order valence-electron chi connectivity index (χ0n) is 12.0. The normalized spacial score (nSPS) is 15.2. The predicted molar refractivity (Wildman–Crippen MR) is 81.3 cm³/mol. The quantitative estimate of drug-likeness (QED) is 0.877. The standard InChI is InChI=1S/C18H20FN/c1-12(20-2)17-9-8-16(19)11-18(17)15-7-6-13-4-3-5-14(13)10-15/h6-12,20H,3-5H2,1-2H3. The number of benzene rings is 2. The number of halogens is 1. The number of hydrogen-bond acceptors (Lipinski definition) is 1. The van der Waals surface area contributed by atoms with Crippen molar-refractivity contribution in [2.45, 2.75) is 32.2 Å². The second kappa shape index (κ2) is 5.37. The van der Waals surface area contributed by atoms with E-state index in [1.165, 1.54) is 24.0 Å². The first kappa shape index (κ1) is 13.3. The van der Waals surface area contributed by atoms with Crippen LogP contribution >= 0.6 is 0 Å². The zero-order valence-corrected chi connectivity index (χ0v) is 12.0. The number of rotatable bonds is 3. The van der Waals surface area contributed by atoms with Gasteiger partial charge < -0.3 is 5.32 Å². The minimum Gasteiger partial charge on any atom is -0.313 e. The summed E-state index contributed by atoms with van der Waals surface area (Å²) < 4.78 is 13.7. The lowest BCUT2D eigenvalue weighted by Crippen LogP contribution is -2.13. The van der Waals surface area contributed by atoms with E-state index in [0.29, 0.717) is 0 Å². The summed E-state index contributed by atoms with van der Waals surface area (Å²) in [6.07, 6.45) is 3.57. The zero-order chi connectivity index (χ0) is 14.1. The van der Waals surface area contributed by atoms with Crippen LogP contribution in [0.15, 0.2) is 36.4 Å². The first-order valence-electron chi connectivity index (χ1n) is 7.28. The summed E-state index contributed by atoms with van der Waals surface area (Å²) in [5.74, 6) is -0.174. The molecule has 1 atom stereocenters. The maximum atomic E-state index is 13.7. The summed E-state index contributed by atoms with van der Waals surface area (Å²) in [4.78, 5) is 0. The van der Waals surface area contributed by atoms with E-state index in [0.717, 1.165) is 23.1 Å². The van der Waals surface area contributed by atoms with Crippen LogP contribution in [-0.4, -0.2) is 7.05 Å². The van der Waals surface area contributed by atoms with E-state index >= 15 is 0 Å². The summed E-state index contributed by atoms with van der Waals surface area (Å²) in [5.41, 5.74) is 6.15. The highest BCUT2D eigenvalue weighted by Gasteiger charge is 2.15. The Labute approximate surface area is 119 Å². The van der Waals surface area contributed by atoms with Gasteiger partial charge in [-0.2, -0.15) is 0 Å². The van der Waals surface area contributed by atoms with Gasteiger partial charge in [-0.1, -0.05) is 24.3 Å². The molecule has 1 unspecified atom stereocenters. The van der Waals surface area contributed by atoms with Crippen molar-refractivity contribution in [2.24, 2.45) is 0 Å². The second-order valence-corrected chi connectivity index (χ2v) is 5.58. The minimum absolute atomic E-state index is 0.174. The molecule has 1 N–H and O–H groups in total. The van der Waals surface area contributed by atoms with E-state index in [4.69, 9.17) is 0 Å². The molecule has 0 aliphatic heterocycles. The molecule has 0 amide bonds. The van der Waals surface area contributed by atoms with Gasteiger partial charge in [0.2, 0.25) is 0 Å². The van der Waals surface area contributed by atoms with Crippen LogP contribution in [0, 0.1) is 5.82 Å². The van der Waals surface area contributed by atoms with Gasteiger partial charge in [-0.05, 0) is 73.2 Å². The Bertz CT molecular complexity index is 633. The Morgan fingerprint density at radius 2 is 1.85 bits per heavy atom. The van der Waals surface area contributed by atoms with E-state index in [1.807, 2.05) is 13.1 Å². The molecule has 20 heavy (non-hydrogen) atoms. The maximum absolute atomic E-state index is 13.7. The molecule has 2 aromatic carbocycles. The summed E-state index contributed by atoms with van der Waals surface area (Å²) >= 11 is 0. The van der Waals surface area contributed by atoms with Crippen molar-refractivity contribution in [3.8, 4) is 11.1 Å². The van der Waals surface area contributed by atoms with Gasteiger partial charge in [0.15, 0.2) is 0 Å². The molecule has 0 fully saturated rings. The largest absolute Gasteiger partial charge is 0.313 e. The van der Waals surface area contributed by atoms with Gasteiger partial charge in [0.1, 0.15) is 5.82 Å². The average molecular weight is 269 g/mol. The van der Waals surface area contributed by atoms with E-state index in [9.17, 15) is 4.39 Å². The summed E-state index contributed by atoms with van der Waals surface area (Å²) in [7, 11) is 1.93. The molecular weight excluding hydrogens is 249 g/mol. The van der Waals surface area contributed by atoms with Gasteiger partial charge in [0.05, 0.1) is 0 Å². The molecule has 0 spiro atoms. The topological polar surface area (TPSA) is 12.0 Å².